The Balaban J connectivity index is 2.03. The third kappa shape index (κ3) is 2.46. The maximum atomic E-state index is 9.56. The second-order valence-electron chi connectivity index (χ2n) is 4.75. The summed E-state index contributed by atoms with van der Waals surface area (Å²) in [6.07, 6.45) is 2.01. The molecule has 15 heavy (non-hydrogen) atoms. The zero-order chi connectivity index (χ0) is 11.1. The van der Waals surface area contributed by atoms with Crippen LogP contribution in [0.3, 0.4) is 0 Å². The second kappa shape index (κ2) is 3.72. The van der Waals surface area contributed by atoms with Crippen LogP contribution in [0.5, 0.6) is 0 Å². The molecule has 0 amide bonds. The molecule has 0 bridgehead atoms. The van der Waals surface area contributed by atoms with Crippen molar-refractivity contribution >= 4 is 16.7 Å². The van der Waals surface area contributed by atoms with E-state index in [4.69, 9.17) is 0 Å². The summed E-state index contributed by atoms with van der Waals surface area (Å²) in [6, 6.07) is 0. The molecule has 0 aliphatic heterocycles. The molecule has 5 heteroatoms. The number of hydrogen-bond acceptors (Lipinski definition) is 5. The Kier molecular flexibility index (Phi) is 2.68. The van der Waals surface area contributed by atoms with Crippen LogP contribution in [0.15, 0.2) is 0 Å². The number of nitrogens with one attached hydrogen (secondary N) is 1. The van der Waals surface area contributed by atoms with Gasteiger partial charge in [-0.05, 0) is 33.6 Å². The van der Waals surface area contributed by atoms with Gasteiger partial charge >= 0.3 is 0 Å². The van der Waals surface area contributed by atoms with Crippen LogP contribution >= 0.6 is 11.5 Å². The number of rotatable bonds is 4. The van der Waals surface area contributed by atoms with E-state index in [0.717, 1.165) is 11.0 Å². The van der Waals surface area contributed by atoms with Gasteiger partial charge < -0.3 is 10.4 Å². The van der Waals surface area contributed by atoms with Gasteiger partial charge in [0.25, 0.3) is 0 Å². The molecule has 1 aromatic rings. The monoisotopic (exact) mass is 227 g/mol. The van der Waals surface area contributed by atoms with Crippen molar-refractivity contribution in [2.75, 3.05) is 5.32 Å². The summed E-state index contributed by atoms with van der Waals surface area (Å²) in [5, 5.41) is 13.6. The molecule has 0 aromatic carbocycles. The van der Waals surface area contributed by atoms with Crippen molar-refractivity contribution in [1.82, 2.24) is 9.36 Å². The summed E-state index contributed by atoms with van der Waals surface area (Å²) in [6.45, 7) is 5.68. The number of nitrogens with zero attached hydrogens (tertiary/aromatic N) is 2. The van der Waals surface area contributed by atoms with Gasteiger partial charge in [-0.15, -0.1) is 0 Å². The Labute approximate surface area is 93.9 Å². The lowest BCUT2D eigenvalue weighted by atomic mass is 9.99. The van der Waals surface area contributed by atoms with Gasteiger partial charge in [-0.2, -0.15) is 4.37 Å². The predicted molar refractivity (Wildman–Crippen MR) is 61.3 cm³/mol. The van der Waals surface area contributed by atoms with E-state index in [1.165, 1.54) is 24.4 Å². The Hall–Kier alpha value is -0.680. The van der Waals surface area contributed by atoms with E-state index < -0.39 is 6.10 Å². The van der Waals surface area contributed by atoms with Crippen LogP contribution in [-0.4, -0.2) is 26.1 Å². The first kappa shape index (κ1) is 10.8. The lowest BCUT2D eigenvalue weighted by Crippen LogP contribution is -2.41. The van der Waals surface area contributed by atoms with Gasteiger partial charge in [-0.3, -0.25) is 0 Å². The fraction of sp³-hybridized carbons (Fsp3) is 0.800. The Bertz CT molecular complexity index is 344. The van der Waals surface area contributed by atoms with Crippen molar-refractivity contribution in [1.29, 1.82) is 0 Å². The summed E-state index contributed by atoms with van der Waals surface area (Å²) in [4.78, 5) is 4.43. The Morgan fingerprint density at radius 2 is 2.20 bits per heavy atom. The molecule has 1 heterocycles. The smallest absolute Gasteiger partial charge is 0.203 e. The SMILES string of the molecule is CC(O)C(C)(C)Nc1nc(C2CC2)ns1. The van der Waals surface area contributed by atoms with Gasteiger partial charge in [-0.1, -0.05) is 0 Å². The van der Waals surface area contributed by atoms with Gasteiger partial charge in [0.1, 0.15) is 5.82 Å². The summed E-state index contributed by atoms with van der Waals surface area (Å²) >= 11 is 1.38. The normalized spacial score (nSPS) is 18.9. The van der Waals surface area contributed by atoms with Crippen molar-refractivity contribution in [2.45, 2.75) is 51.2 Å². The molecule has 2 rings (SSSR count). The summed E-state index contributed by atoms with van der Waals surface area (Å²) < 4.78 is 4.31. The maximum absolute atomic E-state index is 9.56. The van der Waals surface area contributed by atoms with E-state index >= 15 is 0 Å². The lowest BCUT2D eigenvalue weighted by Gasteiger charge is -2.28. The molecular formula is C10H17N3OS. The first-order valence-corrected chi connectivity index (χ1v) is 6.06. The molecule has 0 saturated heterocycles. The standard InChI is InChI=1S/C10H17N3OS/c1-6(14)10(2,3)12-9-11-8(13-15-9)7-4-5-7/h6-7,14H,4-5H2,1-3H3,(H,11,12,13). The van der Waals surface area contributed by atoms with Crippen LogP contribution in [-0.2, 0) is 0 Å². The minimum Gasteiger partial charge on any atom is -0.391 e. The average Bonchev–Trinajstić information content (AvgIpc) is 2.88. The van der Waals surface area contributed by atoms with E-state index in [9.17, 15) is 5.11 Å². The zero-order valence-corrected chi connectivity index (χ0v) is 10.1. The first-order chi connectivity index (χ1) is 6.99. The van der Waals surface area contributed by atoms with Crippen molar-refractivity contribution in [3.05, 3.63) is 5.82 Å². The van der Waals surface area contributed by atoms with Crippen molar-refractivity contribution in [3.63, 3.8) is 0 Å². The van der Waals surface area contributed by atoms with Crippen molar-refractivity contribution in [3.8, 4) is 0 Å². The van der Waals surface area contributed by atoms with E-state index in [-0.39, 0.29) is 5.54 Å². The third-order valence-corrected chi connectivity index (χ3v) is 3.50. The maximum Gasteiger partial charge on any atom is 0.203 e. The van der Waals surface area contributed by atoms with Gasteiger partial charge in [0.2, 0.25) is 5.13 Å². The second-order valence-corrected chi connectivity index (χ2v) is 5.51. The van der Waals surface area contributed by atoms with E-state index in [1.54, 1.807) is 6.92 Å². The third-order valence-electron chi connectivity index (χ3n) is 2.86. The Morgan fingerprint density at radius 3 is 2.73 bits per heavy atom. The molecule has 1 fully saturated rings. The Morgan fingerprint density at radius 1 is 1.53 bits per heavy atom. The van der Waals surface area contributed by atoms with Gasteiger partial charge in [0.05, 0.1) is 11.6 Å². The van der Waals surface area contributed by atoms with Crippen LogP contribution in [0.25, 0.3) is 0 Å². The van der Waals surface area contributed by atoms with Crippen molar-refractivity contribution in [2.24, 2.45) is 0 Å². The molecular weight excluding hydrogens is 210 g/mol. The molecule has 1 atom stereocenters. The number of anilines is 1. The van der Waals surface area contributed by atoms with Gasteiger partial charge in [0, 0.05) is 17.5 Å². The number of aliphatic hydroxyl groups is 1. The summed E-state index contributed by atoms with van der Waals surface area (Å²) in [7, 11) is 0. The highest BCUT2D eigenvalue weighted by molar-refractivity contribution is 7.09. The minimum atomic E-state index is -0.425. The lowest BCUT2D eigenvalue weighted by molar-refractivity contribution is 0.133. The highest BCUT2D eigenvalue weighted by atomic mass is 32.1. The van der Waals surface area contributed by atoms with Crippen LogP contribution < -0.4 is 5.32 Å². The molecule has 2 N–H and O–H groups in total. The van der Waals surface area contributed by atoms with Gasteiger partial charge in [0.15, 0.2) is 0 Å². The molecule has 4 nitrogen and oxygen atoms in total. The summed E-state index contributed by atoms with van der Waals surface area (Å²) in [5.74, 6) is 1.55. The van der Waals surface area contributed by atoms with E-state index in [1.807, 2.05) is 13.8 Å². The zero-order valence-electron chi connectivity index (χ0n) is 9.32. The molecule has 1 saturated carbocycles. The number of hydrogen-bond donors (Lipinski definition) is 2. The van der Waals surface area contributed by atoms with Crippen LogP contribution in [0.2, 0.25) is 0 Å². The average molecular weight is 227 g/mol. The molecule has 1 unspecified atom stereocenters. The van der Waals surface area contributed by atoms with E-state index in [2.05, 4.69) is 14.7 Å². The molecule has 84 valence electrons. The topological polar surface area (TPSA) is 58.0 Å². The number of aliphatic hydroxyl groups excluding tert-OH is 1. The summed E-state index contributed by atoms with van der Waals surface area (Å²) in [5.41, 5.74) is -0.361. The highest BCUT2D eigenvalue weighted by Crippen LogP contribution is 2.39. The fourth-order valence-electron chi connectivity index (χ4n) is 1.17. The van der Waals surface area contributed by atoms with Gasteiger partial charge in [-0.25, -0.2) is 4.98 Å². The number of aromatic nitrogens is 2. The van der Waals surface area contributed by atoms with Crippen molar-refractivity contribution < 1.29 is 5.11 Å². The quantitative estimate of drug-likeness (QED) is 0.826. The molecule has 1 aliphatic carbocycles. The molecule has 1 aromatic heterocycles. The molecule has 0 radical (unpaired) electrons. The predicted octanol–water partition coefficient (Wildman–Crippen LogP) is 1.99. The fourth-order valence-corrected chi connectivity index (χ4v) is 1.99. The van der Waals surface area contributed by atoms with E-state index in [0.29, 0.717) is 5.92 Å². The van der Waals surface area contributed by atoms with Crippen LogP contribution in [0.1, 0.15) is 45.4 Å². The minimum absolute atomic E-state index is 0.361. The molecule has 1 aliphatic rings. The molecule has 0 spiro atoms. The highest BCUT2D eigenvalue weighted by Gasteiger charge is 2.29. The largest absolute Gasteiger partial charge is 0.391 e. The van der Waals surface area contributed by atoms with Crippen LogP contribution in [0, 0.1) is 0 Å². The van der Waals surface area contributed by atoms with Crippen LogP contribution in [0.4, 0.5) is 5.13 Å². The first-order valence-electron chi connectivity index (χ1n) is 5.29.